The predicted octanol–water partition coefficient (Wildman–Crippen LogP) is 24.8. The molecule has 1 unspecified atom stereocenters. The summed E-state index contributed by atoms with van der Waals surface area (Å²) in [7, 11) is 4.19. The number of halogens is 3. The van der Waals surface area contributed by atoms with Gasteiger partial charge in [-0.15, -0.1) is 6.61 Å². The fourth-order valence-electron chi connectivity index (χ4n) is 17.8. The number of hydrogen-bond acceptors (Lipinski definition) is 17. The van der Waals surface area contributed by atoms with Gasteiger partial charge < -0.3 is 60.2 Å². The number of nitrogens with zero attached hydrogens (tertiary/aromatic N) is 10. The maximum Gasteiger partial charge on any atom is 0.213 e. The zero-order chi connectivity index (χ0) is 104. The minimum Gasteiger partial charge on any atom is -0.853 e. The Kier molecular flexibility index (Phi) is 40.0. The van der Waals surface area contributed by atoms with Crippen LogP contribution in [0.15, 0.2) is 461 Å². The van der Waals surface area contributed by atoms with Crippen molar-refractivity contribution in [1.29, 1.82) is 0 Å². The second kappa shape index (κ2) is 54.9. The molecule has 0 aliphatic carbocycles. The summed E-state index contributed by atoms with van der Waals surface area (Å²) in [5.74, 6) is 0. The van der Waals surface area contributed by atoms with Crippen LogP contribution in [0.4, 0.5) is 28.4 Å². The van der Waals surface area contributed by atoms with E-state index in [0.717, 1.165) is 93.2 Å². The van der Waals surface area contributed by atoms with Crippen molar-refractivity contribution in [2.45, 2.75) is 77.2 Å². The molecule has 20 rings (SSSR count). The monoisotopic (exact) mass is 2170 g/mol. The maximum absolute atomic E-state index is 11.3. The molecule has 6 N–H and O–H groups in total. The molecule has 5 aliphatic heterocycles. The summed E-state index contributed by atoms with van der Waals surface area (Å²) in [6.45, 7) is 9.41. The quantitative estimate of drug-likeness (QED) is 0.0185. The molecule has 0 fully saturated rings. The Balaban J connectivity index is 0.000000133. The van der Waals surface area contributed by atoms with Gasteiger partial charge in [-0.1, -0.05) is 304 Å². The van der Waals surface area contributed by atoms with Crippen molar-refractivity contribution < 1.29 is 58.6 Å². The molecule has 0 bridgehead atoms. The van der Waals surface area contributed by atoms with Crippen molar-refractivity contribution in [3.8, 4) is 0 Å². The van der Waals surface area contributed by atoms with Crippen molar-refractivity contribution in [3.63, 3.8) is 0 Å². The first-order valence-corrected chi connectivity index (χ1v) is 55.1. The zero-order valence-corrected chi connectivity index (χ0v) is 90.5. The van der Waals surface area contributed by atoms with Crippen LogP contribution in [0, 0.1) is 0 Å². The number of allylic oxidation sites excluding steroid dienone is 20. The van der Waals surface area contributed by atoms with Crippen LogP contribution in [0.25, 0.3) is 84.9 Å². The first kappa shape index (κ1) is 109. The number of aliphatic hydroxyl groups is 6. The Hall–Kier alpha value is -13.1. The number of benzene rings is 10. The van der Waals surface area contributed by atoms with Crippen LogP contribution >= 0.6 is 97.9 Å². The van der Waals surface area contributed by atoms with Crippen molar-refractivity contribution in [2.24, 2.45) is 0 Å². The molecule has 10 aromatic carbocycles. The third-order valence-corrected chi connectivity index (χ3v) is 31.8. The van der Waals surface area contributed by atoms with Gasteiger partial charge in [-0.3, -0.25) is 0 Å². The summed E-state index contributed by atoms with van der Waals surface area (Å²) in [5, 5.41) is 80.5. The van der Waals surface area contributed by atoms with E-state index < -0.39 is 6.10 Å². The molecule has 25 heteroatoms. The molecule has 15 aromatic rings. The van der Waals surface area contributed by atoms with E-state index in [1.807, 2.05) is 186 Å². The molecule has 149 heavy (non-hydrogen) atoms. The normalized spacial score (nSPS) is 15.4. The SMILES string of the molecule is CCN1C(=CC=CC=Cc2cc[n+](CCO)c3ccccc23)Sc2ccc(Br)cc21.CCN1C(=CC=CC=Cc2cc[n+](CCO)c3ccccc23)Sc2ccc(Cl)cc21.CN1C(=CC=CC=Cc2cc[n+](CC(O)CO)c3ccccc23)Sc2ccccc21.CN1C(=CC=CC=Cc2cc[n+](CCO)c3ccccc23)Sc2ccccc21.[O-]CCN1C(=CC=CC=Cc2cc[n+](CCO)c3ccccc23)Sc2ccc(Cl)cc21. The Labute approximate surface area is 911 Å². The second-order valence-electron chi connectivity index (χ2n) is 34.6. The van der Waals surface area contributed by atoms with E-state index in [1.165, 1.54) is 89.7 Å². The molecular weight excluding hydrogens is 2050 g/mol. The van der Waals surface area contributed by atoms with E-state index in [0.29, 0.717) is 44.3 Å². The number of anilines is 5. The van der Waals surface area contributed by atoms with Crippen LogP contribution in [0.1, 0.15) is 41.7 Å². The van der Waals surface area contributed by atoms with E-state index >= 15 is 0 Å². The molecule has 5 aliphatic rings. The van der Waals surface area contributed by atoms with Crippen LogP contribution in [0.2, 0.25) is 10.0 Å². The maximum atomic E-state index is 11.3. The number of para-hydroxylation sites is 7. The topological polar surface area (TPSA) is 180 Å². The highest BCUT2D eigenvalue weighted by atomic mass is 79.9. The highest BCUT2D eigenvalue weighted by Crippen LogP contribution is 2.51. The van der Waals surface area contributed by atoms with Crippen molar-refractivity contribution >= 4 is 211 Å². The highest BCUT2D eigenvalue weighted by molar-refractivity contribution is 9.10. The zero-order valence-electron chi connectivity index (χ0n) is 83.3. The van der Waals surface area contributed by atoms with E-state index in [2.05, 4.69) is 355 Å². The predicted molar refractivity (Wildman–Crippen MR) is 628 cm³/mol. The lowest BCUT2D eigenvalue weighted by Crippen LogP contribution is -2.41. The molecule has 0 saturated heterocycles. The van der Waals surface area contributed by atoms with Gasteiger partial charge in [0.1, 0.15) is 32.5 Å². The Morgan fingerprint density at radius 1 is 0.315 bits per heavy atom. The molecule has 0 saturated carbocycles. The van der Waals surface area contributed by atoms with Gasteiger partial charge in [0, 0.05) is 133 Å². The molecule has 10 heterocycles. The molecule has 1 atom stereocenters. The third kappa shape index (κ3) is 27.8. The summed E-state index contributed by atoms with van der Waals surface area (Å²) in [6.07, 6.45) is 61.2. The van der Waals surface area contributed by atoms with Gasteiger partial charge in [-0.25, -0.2) is 0 Å². The summed E-state index contributed by atoms with van der Waals surface area (Å²) < 4.78 is 11.4. The molecule has 0 spiro atoms. The summed E-state index contributed by atoms with van der Waals surface area (Å²) in [4.78, 5) is 17.3. The number of aromatic nitrogens is 5. The number of fused-ring (bicyclic) bond motifs is 10. The van der Waals surface area contributed by atoms with Gasteiger partial charge in [-0.05, 0) is 181 Å². The fraction of sp³-hybridized carbons (Fsp3) is 0.153. The minimum atomic E-state index is -0.770. The van der Waals surface area contributed by atoms with Gasteiger partial charge in [-0.2, -0.15) is 22.8 Å². The molecular formula is C124H119BrCl2N10O7S5+4. The number of thioether (sulfide) groups is 5. The molecule has 17 nitrogen and oxygen atoms in total. The smallest absolute Gasteiger partial charge is 0.213 e. The average molecular weight is 2170 g/mol. The van der Waals surface area contributed by atoms with Gasteiger partial charge in [0.2, 0.25) is 27.6 Å². The highest BCUT2D eigenvalue weighted by Gasteiger charge is 2.29. The number of pyridine rings is 5. The van der Waals surface area contributed by atoms with Crippen LogP contribution in [0.5, 0.6) is 0 Å². The van der Waals surface area contributed by atoms with Gasteiger partial charge in [0.05, 0.1) is 87.1 Å². The molecule has 0 amide bonds. The van der Waals surface area contributed by atoms with E-state index in [9.17, 15) is 30.6 Å². The number of rotatable bonds is 30. The molecule has 0 radical (unpaired) electrons. The molecule has 754 valence electrons. The summed E-state index contributed by atoms with van der Waals surface area (Å²) in [6, 6.07) is 86.7. The minimum absolute atomic E-state index is 0.110. The van der Waals surface area contributed by atoms with Crippen LogP contribution in [-0.2, 0) is 32.7 Å². The van der Waals surface area contributed by atoms with Gasteiger partial charge in [0.25, 0.3) is 0 Å². The van der Waals surface area contributed by atoms with Gasteiger partial charge in [0.15, 0.2) is 63.7 Å². The van der Waals surface area contributed by atoms with Crippen LogP contribution in [-0.4, -0.2) is 110 Å². The summed E-state index contributed by atoms with van der Waals surface area (Å²) in [5.41, 5.74) is 17.2. The largest absolute Gasteiger partial charge is 0.853 e. The van der Waals surface area contributed by atoms with Gasteiger partial charge >= 0.3 is 0 Å². The van der Waals surface area contributed by atoms with Crippen molar-refractivity contribution in [2.75, 3.05) is 97.9 Å². The van der Waals surface area contributed by atoms with E-state index in [-0.39, 0.29) is 39.6 Å². The standard InChI is InChI=1S/C25H24BrN2OS.C25H23ClN2O2S.C25H24ClN2OS.C25H25N2O2S.C24H23N2OS/c1-2-28-23-18-20(26)12-13-24(23)30-25(28)11-5-3-4-8-19-14-15-27(16-17-29)22-10-7-6-9-21(19)22;26-20-10-11-24-23(18-20)28(15-17-30)25(31-24)9-3-1-2-6-19-12-13-27(14-16-29)22-8-5-4-7-21(19)22;1-2-28-23-18-20(26)12-13-24(23)30-25(28)11-5-3-4-8-19-14-15-27(16-17-29)22-10-7-6-9-21(19)22;1-26-23-12-7-8-13-24(23)30-25(26)14-4-2-3-9-19-15-16-27(17-20(29)18-28)22-11-6-5-10-21(19)22;1-25-22-12-7-8-13-23(22)28-24(25)14-4-2-3-9-19-15-16-26(17-18-27)21-11-6-5-10-20(19)21/h3-15,18,29H,2,16-17H2,1H3;1-13,18,29H,14-17H2;3-15,18,29H,2,16-17H2,1H3;2-16,20,28-29H,17-18H2,1H3;2-16,27H,17-18H2,1H3/q+1;;3*+1. The third-order valence-electron chi connectivity index (χ3n) is 25.0. The Bertz CT molecular complexity index is 7630. The molecule has 5 aromatic heterocycles. The summed E-state index contributed by atoms with van der Waals surface area (Å²) >= 11 is 24.7. The second-order valence-corrected chi connectivity index (χ2v) is 41.7. The fourth-order valence-corrected chi connectivity index (χ4v) is 24.0. The van der Waals surface area contributed by atoms with Crippen molar-refractivity contribution in [1.82, 2.24) is 0 Å². The first-order valence-electron chi connectivity index (χ1n) is 49.5. The average Bonchev–Trinajstić information content (AvgIpc) is 1.04. The lowest BCUT2D eigenvalue weighted by Gasteiger charge is -2.22. The van der Waals surface area contributed by atoms with Crippen LogP contribution < -0.4 is 52.4 Å². The van der Waals surface area contributed by atoms with Crippen molar-refractivity contribution in [3.05, 3.63) is 475 Å². The van der Waals surface area contributed by atoms with E-state index in [1.54, 1.807) is 47.0 Å². The lowest BCUT2D eigenvalue weighted by molar-refractivity contribution is -0.678. The Morgan fingerprint density at radius 3 is 0.913 bits per heavy atom. The first-order chi connectivity index (χ1) is 73.1. The number of hydrogen-bond donors (Lipinski definition) is 6. The lowest BCUT2D eigenvalue weighted by atomic mass is 10.1. The van der Waals surface area contributed by atoms with Crippen LogP contribution in [0.3, 0.4) is 0 Å². The Morgan fingerprint density at radius 2 is 0.591 bits per heavy atom. The van der Waals surface area contributed by atoms with E-state index in [4.69, 9.17) is 28.3 Å². The number of aliphatic hydroxyl groups excluding tert-OH is 6.